The molecule has 4 nitrogen and oxygen atoms in total. The van der Waals surface area contributed by atoms with Crippen molar-refractivity contribution in [1.29, 1.82) is 0 Å². The average Bonchev–Trinajstić information content (AvgIpc) is 2.40. The van der Waals surface area contributed by atoms with Crippen molar-refractivity contribution in [3.05, 3.63) is 23.9 Å². The maximum atomic E-state index is 12.0. The SMILES string of the molecule is Cc1cccc(NC(=O)C(N)CC2CCCCC2)n1. The Labute approximate surface area is 114 Å². The third-order valence-electron chi connectivity index (χ3n) is 3.79. The summed E-state index contributed by atoms with van der Waals surface area (Å²) in [5.41, 5.74) is 6.88. The van der Waals surface area contributed by atoms with Crippen LogP contribution >= 0.6 is 0 Å². The maximum Gasteiger partial charge on any atom is 0.242 e. The molecule has 0 aliphatic heterocycles. The van der Waals surface area contributed by atoms with Crippen LogP contribution in [0, 0.1) is 12.8 Å². The van der Waals surface area contributed by atoms with E-state index in [1.54, 1.807) is 6.07 Å². The number of hydrogen-bond acceptors (Lipinski definition) is 3. The zero-order chi connectivity index (χ0) is 13.7. The van der Waals surface area contributed by atoms with Crippen molar-refractivity contribution in [3.63, 3.8) is 0 Å². The minimum atomic E-state index is -0.426. The number of aryl methyl sites for hydroxylation is 1. The highest BCUT2D eigenvalue weighted by atomic mass is 16.2. The molecule has 3 N–H and O–H groups in total. The van der Waals surface area contributed by atoms with E-state index in [-0.39, 0.29) is 5.91 Å². The Morgan fingerprint density at radius 2 is 2.16 bits per heavy atom. The number of nitrogens with two attached hydrogens (primary N) is 1. The van der Waals surface area contributed by atoms with Crippen molar-refractivity contribution in [1.82, 2.24) is 4.98 Å². The van der Waals surface area contributed by atoms with E-state index in [0.29, 0.717) is 11.7 Å². The fraction of sp³-hybridized carbons (Fsp3) is 0.600. The molecular weight excluding hydrogens is 238 g/mol. The van der Waals surface area contributed by atoms with Crippen LogP contribution in [0.4, 0.5) is 5.82 Å². The molecule has 1 aliphatic carbocycles. The van der Waals surface area contributed by atoms with E-state index in [0.717, 1.165) is 12.1 Å². The van der Waals surface area contributed by atoms with Crippen LogP contribution in [0.1, 0.15) is 44.2 Å². The average molecular weight is 261 g/mol. The minimum absolute atomic E-state index is 0.122. The van der Waals surface area contributed by atoms with Crippen molar-refractivity contribution in [3.8, 4) is 0 Å². The van der Waals surface area contributed by atoms with E-state index in [2.05, 4.69) is 10.3 Å². The monoisotopic (exact) mass is 261 g/mol. The van der Waals surface area contributed by atoms with Gasteiger partial charge in [-0.25, -0.2) is 4.98 Å². The zero-order valence-electron chi connectivity index (χ0n) is 11.6. The molecule has 1 atom stereocenters. The zero-order valence-corrected chi connectivity index (χ0v) is 11.6. The predicted molar refractivity (Wildman–Crippen MR) is 76.8 cm³/mol. The molecule has 2 rings (SSSR count). The molecule has 0 saturated heterocycles. The Hall–Kier alpha value is -1.42. The van der Waals surface area contributed by atoms with Gasteiger partial charge < -0.3 is 11.1 Å². The molecule has 1 heterocycles. The fourth-order valence-electron chi connectivity index (χ4n) is 2.72. The lowest BCUT2D eigenvalue weighted by molar-refractivity contribution is -0.117. The summed E-state index contributed by atoms with van der Waals surface area (Å²) in [7, 11) is 0. The first-order valence-corrected chi connectivity index (χ1v) is 7.15. The number of anilines is 1. The smallest absolute Gasteiger partial charge is 0.242 e. The first-order valence-electron chi connectivity index (χ1n) is 7.15. The molecule has 4 heteroatoms. The largest absolute Gasteiger partial charge is 0.320 e. The van der Waals surface area contributed by atoms with Crippen LogP contribution < -0.4 is 11.1 Å². The summed E-state index contributed by atoms with van der Waals surface area (Å²) in [6.07, 6.45) is 7.09. The summed E-state index contributed by atoms with van der Waals surface area (Å²) in [6.45, 7) is 1.90. The molecule has 19 heavy (non-hydrogen) atoms. The number of nitrogens with zero attached hydrogens (tertiary/aromatic N) is 1. The van der Waals surface area contributed by atoms with Crippen LogP contribution in [0.2, 0.25) is 0 Å². The number of amides is 1. The van der Waals surface area contributed by atoms with E-state index in [9.17, 15) is 4.79 Å². The maximum absolute atomic E-state index is 12.0. The highest BCUT2D eigenvalue weighted by Gasteiger charge is 2.21. The molecule has 1 aliphatic rings. The van der Waals surface area contributed by atoms with Crippen molar-refractivity contribution in [2.45, 2.75) is 51.5 Å². The molecule has 1 saturated carbocycles. The summed E-state index contributed by atoms with van der Waals surface area (Å²) in [5.74, 6) is 1.08. The van der Waals surface area contributed by atoms with E-state index in [4.69, 9.17) is 5.73 Å². The number of hydrogen-bond donors (Lipinski definition) is 2. The molecule has 0 bridgehead atoms. The van der Waals surface area contributed by atoms with Crippen LogP contribution in [0.15, 0.2) is 18.2 Å². The lowest BCUT2D eigenvalue weighted by atomic mass is 9.85. The molecule has 1 aromatic heterocycles. The van der Waals surface area contributed by atoms with Crippen molar-refractivity contribution < 1.29 is 4.79 Å². The number of carbonyl (C=O) groups excluding carboxylic acids is 1. The molecule has 1 amide bonds. The highest BCUT2D eigenvalue weighted by Crippen LogP contribution is 2.27. The second kappa shape index (κ2) is 6.66. The Balaban J connectivity index is 1.84. The second-order valence-electron chi connectivity index (χ2n) is 5.50. The van der Waals surface area contributed by atoms with Crippen LogP contribution in [-0.2, 0) is 4.79 Å². The summed E-state index contributed by atoms with van der Waals surface area (Å²) in [6, 6.07) is 5.14. The van der Waals surface area contributed by atoms with Crippen molar-refractivity contribution in [2.75, 3.05) is 5.32 Å². The van der Waals surface area contributed by atoms with Gasteiger partial charge >= 0.3 is 0 Å². The Morgan fingerprint density at radius 1 is 1.42 bits per heavy atom. The first-order chi connectivity index (χ1) is 9.15. The van der Waals surface area contributed by atoms with Gasteiger partial charge in [0.2, 0.25) is 5.91 Å². The molecule has 104 valence electrons. The number of rotatable bonds is 4. The molecule has 1 aromatic rings. The van der Waals surface area contributed by atoms with Crippen LogP contribution in [-0.4, -0.2) is 16.9 Å². The number of nitrogens with one attached hydrogen (secondary N) is 1. The summed E-state index contributed by atoms with van der Waals surface area (Å²) >= 11 is 0. The van der Waals surface area contributed by atoms with Gasteiger partial charge in [-0.05, 0) is 31.4 Å². The van der Waals surface area contributed by atoms with Gasteiger partial charge in [0.05, 0.1) is 6.04 Å². The van der Waals surface area contributed by atoms with E-state index < -0.39 is 6.04 Å². The topological polar surface area (TPSA) is 68.0 Å². The van der Waals surface area contributed by atoms with Gasteiger partial charge in [-0.2, -0.15) is 0 Å². The van der Waals surface area contributed by atoms with Crippen molar-refractivity contribution >= 4 is 11.7 Å². The first kappa shape index (κ1) is 14.0. The molecule has 0 radical (unpaired) electrons. The lowest BCUT2D eigenvalue weighted by Crippen LogP contribution is -2.37. The molecule has 0 spiro atoms. The number of aromatic nitrogens is 1. The minimum Gasteiger partial charge on any atom is -0.320 e. The summed E-state index contributed by atoms with van der Waals surface area (Å²) in [4.78, 5) is 16.3. The Bertz CT molecular complexity index is 427. The quantitative estimate of drug-likeness (QED) is 0.875. The van der Waals surface area contributed by atoms with Crippen LogP contribution in [0.25, 0.3) is 0 Å². The second-order valence-corrected chi connectivity index (χ2v) is 5.50. The normalized spacial score (nSPS) is 18.0. The molecular formula is C15H23N3O. The van der Waals surface area contributed by atoms with E-state index in [1.165, 1.54) is 32.1 Å². The number of pyridine rings is 1. The van der Waals surface area contributed by atoms with E-state index >= 15 is 0 Å². The van der Waals surface area contributed by atoms with Gasteiger partial charge in [-0.3, -0.25) is 4.79 Å². The third-order valence-corrected chi connectivity index (χ3v) is 3.79. The fourth-order valence-corrected chi connectivity index (χ4v) is 2.72. The van der Waals surface area contributed by atoms with Crippen LogP contribution in [0.5, 0.6) is 0 Å². The Kier molecular flexibility index (Phi) is 4.91. The van der Waals surface area contributed by atoms with Crippen molar-refractivity contribution in [2.24, 2.45) is 11.7 Å². The predicted octanol–water partition coefficient (Wildman–Crippen LogP) is 2.63. The van der Waals surface area contributed by atoms with Gasteiger partial charge in [0.25, 0.3) is 0 Å². The van der Waals surface area contributed by atoms with Gasteiger partial charge in [-0.1, -0.05) is 38.2 Å². The lowest BCUT2D eigenvalue weighted by Gasteiger charge is -2.24. The van der Waals surface area contributed by atoms with E-state index in [1.807, 2.05) is 19.1 Å². The third kappa shape index (κ3) is 4.31. The summed E-state index contributed by atoms with van der Waals surface area (Å²) in [5, 5.41) is 2.80. The van der Waals surface area contributed by atoms with Gasteiger partial charge in [0.15, 0.2) is 0 Å². The summed E-state index contributed by atoms with van der Waals surface area (Å²) < 4.78 is 0. The Morgan fingerprint density at radius 3 is 2.84 bits per heavy atom. The van der Waals surface area contributed by atoms with Gasteiger partial charge in [-0.15, -0.1) is 0 Å². The molecule has 0 aromatic carbocycles. The highest BCUT2D eigenvalue weighted by molar-refractivity contribution is 5.93. The van der Waals surface area contributed by atoms with Crippen LogP contribution in [0.3, 0.4) is 0 Å². The number of carbonyl (C=O) groups is 1. The molecule has 1 unspecified atom stereocenters. The standard InChI is InChI=1S/C15H23N3O/c1-11-6-5-9-14(17-11)18-15(19)13(16)10-12-7-3-2-4-8-12/h5-6,9,12-13H,2-4,7-8,10,16H2,1H3,(H,17,18,19). The van der Waals surface area contributed by atoms with Gasteiger partial charge in [0, 0.05) is 5.69 Å². The van der Waals surface area contributed by atoms with Gasteiger partial charge in [0.1, 0.15) is 5.82 Å². The molecule has 1 fully saturated rings.